The van der Waals surface area contributed by atoms with E-state index in [1.165, 1.54) is 0 Å². The first-order chi connectivity index (χ1) is 5.81. The van der Waals surface area contributed by atoms with E-state index in [4.69, 9.17) is 10.3 Å². The first-order valence-corrected chi connectivity index (χ1v) is 5.73. The Balaban J connectivity index is 5.12. The molecule has 0 heterocycles. The summed E-state index contributed by atoms with van der Waals surface area (Å²) in [6.07, 6.45) is 1.03. The highest BCUT2D eigenvalue weighted by molar-refractivity contribution is 7.87. The average Bonchev–Trinajstić information content (AvgIpc) is 1.96. The summed E-state index contributed by atoms with van der Waals surface area (Å²) in [6, 6.07) is 0. The van der Waals surface area contributed by atoms with Crippen LogP contribution >= 0.6 is 0 Å². The van der Waals surface area contributed by atoms with Gasteiger partial charge < -0.3 is 5.73 Å². The molecule has 0 aromatic carbocycles. The van der Waals surface area contributed by atoms with Crippen LogP contribution in [0.4, 0.5) is 0 Å². The van der Waals surface area contributed by atoms with E-state index in [-0.39, 0.29) is 6.54 Å². The molecular formula is C8H18NO3S. The summed E-state index contributed by atoms with van der Waals surface area (Å²) in [5, 5.41) is 0. The largest absolute Gasteiger partial charge is 0.329 e. The van der Waals surface area contributed by atoms with Gasteiger partial charge in [-0.05, 0) is 12.3 Å². The van der Waals surface area contributed by atoms with Crippen LogP contribution in [-0.4, -0.2) is 24.3 Å². The molecule has 3 N–H and O–H groups in total. The van der Waals surface area contributed by atoms with Crippen molar-refractivity contribution in [3.05, 3.63) is 5.92 Å². The lowest BCUT2D eigenvalue weighted by atomic mass is 9.90. The minimum Gasteiger partial charge on any atom is -0.329 e. The zero-order chi connectivity index (χ0) is 10.7. The molecule has 5 heteroatoms. The second kappa shape index (κ2) is 4.39. The fourth-order valence-corrected chi connectivity index (χ4v) is 2.64. The third-order valence-electron chi connectivity index (χ3n) is 2.39. The van der Waals surface area contributed by atoms with Gasteiger partial charge in [-0.2, -0.15) is 8.42 Å². The molecule has 0 aliphatic rings. The normalized spacial score (nSPS) is 17.4. The maximum atomic E-state index is 11.2. The molecule has 0 aliphatic carbocycles. The van der Waals surface area contributed by atoms with E-state index in [1.54, 1.807) is 13.8 Å². The Morgan fingerprint density at radius 3 is 2.00 bits per heavy atom. The molecule has 0 saturated heterocycles. The molecular weight excluding hydrogens is 190 g/mol. The lowest BCUT2D eigenvalue weighted by molar-refractivity contribution is 0.413. The van der Waals surface area contributed by atoms with Crippen molar-refractivity contribution in [3.63, 3.8) is 0 Å². The predicted molar refractivity (Wildman–Crippen MR) is 52.8 cm³/mol. The highest BCUT2D eigenvalue weighted by atomic mass is 32.2. The third kappa shape index (κ3) is 2.42. The zero-order valence-electron chi connectivity index (χ0n) is 8.37. The summed E-state index contributed by atoms with van der Waals surface area (Å²) >= 11 is 0. The summed E-state index contributed by atoms with van der Waals surface area (Å²) in [6.45, 7) is 5.15. The molecule has 0 amide bonds. The molecule has 0 saturated carbocycles. The molecule has 1 radical (unpaired) electrons. The van der Waals surface area contributed by atoms with Crippen LogP contribution in [0.2, 0.25) is 0 Å². The van der Waals surface area contributed by atoms with Crippen LogP contribution in [0.1, 0.15) is 33.6 Å². The maximum absolute atomic E-state index is 11.2. The fourth-order valence-electron chi connectivity index (χ4n) is 1.45. The smallest absolute Gasteiger partial charge is 0.272 e. The minimum atomic E-state index is -4.10. The minimum absolute atomic E-state index is 0.0675. The van der Waals surface area contributed by atoms with E-state index in [1.807, 2.05) is 6.92 Å². The molecule has 13 heavy (non-hydrogen) atoms. The maximum Gasteiger partial charge on any atom is 0.272 e. The number of nitrogens with two attached hydrogens (primary N) is 1. The summed E-state index contributed by atoms with van der Waals surface area (Å²) in [5.74, 6) is 0.638. The quantitative estimate of drug-likeness (QED) is 0.660. The number of rotatable bonds is 5. The van der Waals surface area contributed by atoms with Gasteiger partial charge in [-0.15, -0.1) is 0 Å². The topological polar surface area (TPSA) is 80.4 Å². The van der Waals surface area contributed by atoms with Crippen LogP contribution in [0.25, 0.3) is 0 Å². The van der Waals surface area contributed by atoms with Crippen LogP contribution in [0.5, 0.6) is 0 Å². The zero-order valence-corrected chi connectivity index (χ0v) is 9.19. The van der Waals surface area contributed by atoms with Crippen LogP contribution in [0.3, 0.4) is 0 Å². The van der Waals surface area contributed by atoms with E-state index in [0.717, 1.165) is 0 Å². The highest BCUT2D eigenvalue weighted by Crippen LogP contribution is 2.31. The van der Waals surface area contributed by atoms with Crippen molar-refractivity contribution in [1.29, 1.82) is 0 Å². The van der Waals surface area contributed by atoms with Gasteiger partial charge in [0.2, 0.25) is 0 Å². The predicted octanol–water partition coefficient (Wildman–Crippen LogP) is 0.986. The van der Waals surface area contributed by atoms with Crippen molar-refractivity contribution >= 4 is 10.1 Å². The van der Waals surface area contributed by atoms with E-state index in [9.17, 15) is 8.42 Å². The van der Waals surface area contributed by atoms with Gasteiger partial charge in [0.1, 0.15) is 4.75 Å². The van der Waals surface area contributed by atoms with Crippen molar-refractivity contribution in [2.75, 3.05) is 6.54 Å². The third-order valence-corrected chi connectivity index (χ3v) is 4.16. The Kier molecular flexibility index (Phi) is 4.35. The Bertz CT molecular complexity index is 248. The first kappa shape index (κ1) is 12.9. The van der Waals surface area contributed by atoms with Gasteiger partial charge in [-0.3, -0.25) is 4.55 Å². The van der Waals surface area contributed by atoms with Crippen LogP contribution in [0.15, 0.2) is 0 Å². The molecule has 0 spiro atoms. The van der Waals surface area contributed by atoms with E-state index < -0.39 is 14.9 Å². The van der Waals surface area contributed by atoms with E-state index >= 15 is 0 Å². The molecule has 79 valence electrons. The summed E-state index contributed by atoms with van der Waals surface area (Å²) in [4.78, 5) is 0. The van der Waals surface area contributed by atoms with Crippen LogP contribution in [0, 0.1) is 5.92 Å². The van der Waals surface area contributed by atoms with Gasteiger partial charge >= 0.3 is 0 Å². The van der Waals surface area contributed by atoms with Crippen molar-refractivity contribution in [2.45, 2.75) is 38.4 Å². The van der Waals surface area contributed by atoms with Crippen LogP contribution in [-0.2, 0) is 10.1 Å². The lowest BCUT2D eigenvalue weighted by Crippen LogP contribution is -2.48. The number of hydrogen-bond acceptors (Lipinski definition) is 3. The molecule has 0 rings (SSSR count). The fraction of sp³-hybridized carbons (Fsp3) is 0.875. The van der Waals surface area contributed by atoms with Crippen molar-refractivity contribution in [2.24, 2.45) is 5.73 Å². The van der Waals surface area contributed by atoms with Gasteiger partial charge in [0, 0.05) is 6.54 Å². The Morgan fingerprint density at radius 2 is 1.92 bits per heavy atom. The van der Waals surface area contributed by atoms with Gasteiger partial charge in [0.25, 0.3) is 10.1 Å². The standard InChI is InChI=1S/C8H18NO3S/c1-4-5-8(6-9,7(2)3)13(10,11)12/h4-6,9H2,1-3H3,(H,10,11,12). The van der Waals surface area contributed by atoms with Crippen molar-refractivity contribution < 1.29 is 13.0 Å². The highest BCUT2D eigenvalue weighted by Gasteiger charge is 2.44. The van der Waals surface area contributed by atoms with E-state index in [2.05, 4.69) is 0 Å². The molecule has 0 aliphatic heterocycles. The molecule has 1 atom stereocenters. The second-order valence-electron chi connectivity index (χ2n) is 3.42. The SMILES string of the molecule is CCCC(CN)([C](C)C)S(=O)(=O)O. The van der Waals surface area contributed by atoms with Gasteiger partial charge in [0.15, 0.2) is 0 Å². The molecule has 1 unspecified atom stereocenters. The van der Waals surface area contributed by atoms with Crippen molar-refractivity contribution in [1.82, 2.24) is 0 Å². The number of hydrogen-bond donors (Lipinski definition) is 2. The first-order valence-electron chi connectivity index (χ1n) is 4.29. The Hall–Kier alpha value is -0.130. The van der Waals surface area contributed by atoms with Gasteiger partial charge in [0.05, 0.1) is 0 Å². The van der Waals surface area contributed by atoms with E-state index in [0.29, 0.717) is 18.8 Å². The Labute approximate surface area is 80.3 Å². The molecule has 0 aromatic rings. The van der Waals surface area contributed by atoms with Crippen molar-refractivity contribution in [3.8, 4) is 0 Å². The summed E-state index contributed by atoms with van der Waals surface area (Å²) in [7, 11) is -4.10. The monoisotopic (exact) mass is 208 g/mol. The molecule has 0 bridgehead atoms. The van der Waals surface area contributed by atoms with Gasteiger partial charge in [-0.25, -0.2) is 0 Å². The average molecular weight is 208 g/mol. The molecule has 4 nitrogen and oxygen atoms in total. The summed E-state index contributed by atoms with van der Waals surface area (Å²) in [5.41, 5.74) is 5.42. The van der Waals surface area contributed by atoms with Crippen LogP contribution < -0.4 is 5.73 Å². The summed E-state index contributed by atoms with van der Waals surface area (Å²) < 4.78 is 30.2. The molecule has 0 aromatic heterocycles. The van der Waals surface area contributed by atoms with Gasteiger partial charge in [-0.1, -0.05) is 27.2 Å². The molecule has 0 fully saturated rings. The second-order valence-corrected chi connectivity index (χ2v) is 5.16. The lowest BCUT2D eigenvalue weighted by Gasteiger charge is -2.32. The Morgan fingerprint density at radius 1 is 1.46 bits per heavy atom.